The summed E-state index contributed by atoms with van der Waals surface area (Å²) in [5, 5.41) is 0. The lowest BCUT2D eigenvalue weighted by atomic mass is 9.39. The number of hydrogen-bond acceptors (Lipinski definition) is 2. The minimum absolute atomic E-state index is 0.201. The largest absolute Gasteiger partial charge is 0.381 e. The van der Waals surface area contributed by atoms with Crippen molar-refractivity contribution in [3.05, 3.63) is 0 Å². The van der Waals surface area contributed by atoms with Gasteiger partial charge in [0.2, 0.25) is 0 Å². The average Bonchev–Trinajstić information content (AvgIpc) is 2.34. The fourth-order valence-corrected chi connectivity index (χ4v) is 7.39. The first-order chi connectivity index (χ1) is 9.90. The van der Waals surface area contributed by atoms with Gasteiger partial charge in [0, 0.05) is 18.9 Å². The van der Waals surface area contributed by atoms with Gasteiger partial charge in [-0.3, -0.25) is 4.79 Å². The first kappa shape index (κ1) is 14.2. The highest BCUT2D eigenvalue weighted by atomic mass is 16.5. The Bertz CT molecular complexity index is 430. The van der Waals surface area contributed by atoms with Crippen LogP contribution in [0.4, 0.5) is 0 Å². The monoisotopic (exact) mass is 290 g/mol. The molecule has 118 valence electrons. The van der Waals surface area contributed by atoms with E-state index in [0.29, 0.717) is 28.6 Å². The van der Waals surface area contributed by atoms with E-state index in [-0.39, 0.29) is 5.92 Å². The number of ketones is 1. The Kier molecular flexibility index (Phi) is 3.10. The minimum Gasteiger partial charge on any atom is -0.381 e. The Balaban J connectivity index is 1.52. The number of ether oxygens (including phenoxy) is 1. The van der Waals surface area contributed by atoms with E-state index in [1.54, 1.807) is 0 Å². The molecule has 4 aliphatic carbocycles. The van der Waals surface area contributed by atoms with Crippen LogP contribution in [0.3, 0.4) is 0 Å². The van der Waals surface area contributed by atoms with Crippen molar-refractivity contribution in [1.29, 1.82) is 0 Å². The van der Waals surface area contributed by atoms with Gasteiger partial charge in [0.05, 0.1) is 6.61 Å². The summed E-state index contributed by atoms with van der Waals surface area (Å²) in [5.74, 6) is 1.61. The summed E-state index contributed by atoms with van der Waals surface area (Å²) in [6, 6.07) is 0. The van der Waals surface area contributed by atoms with Crippen molar-refractivity contribution in [3.63, 3.8) is 0 Å². The van der Waals surface area contributed by atoms with Crippen LogP contribution < -0.4 is 0 Å². The van der Waals surface area contributed by atoms with Gasteiger partial charge in [-0.1, -0.05) is 13.8 Å². The Labute approximate surface area is 129 Å². The van der Waals surface area contributed by atoms with E-state index in [1.165, 1.54) is 38.5 Å². The number of carbonyl (C=O) groups excluding carboxylic acids is 1. The zero-order valence-corrected chi connectivity index (χ0v) is 13.7. The highest BCUT2D eigenvalue weighted by molar-refractivity contribution is 5.82. The summed E-state index contributed by atoms with van der Waals surface area (Å²) >= 11 is 0. The Hall–Kier alpha value is -0.370. The molecule has 0 N–H and O–H groups in total. The van der Waals surface area contributed by atoms with Crippen LogP contribution in [0.1, 0.15) is 71.6 Å². The third-order valence-electron chi connectivity index (χ3n) is 6.91. The van der Waals surface area contributed by atoms with Gasteiger partial charge in [-0.05, 0) is 73.5 Å². The molecule has 1 heterocycles. The van der Waals surface area contributed by atoms with E-state index < -0.39 is 0 Å². The van der Waals surface area contributed by atoms with E-state index in [0.717, 1.165) is 31.8 Å². The number of rotatable bonds is 3. The third-order valence-corrected chi connectivity index (χ3v) is 6.91. The van der Waals surface area contributed by atoms with Gasteiger partial charge < -0.3 is 4.74 Å². The van der Waals surface area contributed by atoms with Gasteiger partial charge in [-0.2, -0.15) is 0 Å². The lowest BCUT2D eigenvalue weighted by Crippen LogP contribution is -2.55. The first-order valence-electron chi connectivity index (χ1n) is 9.00. The van der Waals surface area contributed by atoms with Crippen LogP contribution in [0.25, 0.3) is 0 Å². The molecule has 4 saturated carbocycles. The van der Waals surface area contributed by atoms with Crippen molar-refractivity contribution in [2.45, 2.75) is 71.6 Å². The number of carbonyl (C=O) groups is 1. The number of Topliss-reactive ketones (excluding diaryl/α,β-unsaturated/α-hetero) is 1. The predicted octanol–water partition coefficient (Wildman–Crippen LogP) is 4.37. The molecule has 3 atom stereocenters. The van der Waals surface area contributed by atoms with Crippen molar-refractivity contribution >= 4 is 5.78 Å². The molecule has 5 fully saturated rings. The van der Waals surface area contributed by atoms with Crippen molar-refractivity contribution in [2.24, 2.45) is 28.1 Å². The first-order valence-corrected chi connectivity index (χ1v) is 9.00. The van der Waals surface area contributed by atoms with Gasteiger partial charge in [0.25, 0.3) is 0 Å². The second-order valence-corrected chi connectivity index (χ2v) is 9.69. The summed E-state index contributed by atoms with van der Waals surface area (Å²) in [4.78, 5) is 12.8. The van der Waals surface area contributed by atoms with Crippen molar-refractivity contribution in [3.8, 4) is 0 Å². The maximum Gasteiger partial charge on any atom is 0.138 e. The van der Waals surface area contributed by atoms with E-state index in [4.69, 9.17) is 4.74 Å². The lowest BCUT2D eigenvalue weighted by Gasteiger charge is -2.65. The lowest BCUT2D eigenvalue weighted by molar-refractivity contribution is -0.158. The molecule has 5 aliphatic rings. The normalized spacial score (nSPS) is 52.1. The SMILES string of the molecule is CC12CC3CC(C)(C1)CC(CC(=O)C1CCCOC1)(C3)C2. The van der Waals surface area contributed by atoms with Gasteiger partial charge in [0.1, 0.15) is 5.78 Å². The van der Waals surface area contributed by atoms with E-state index in [1.807, 2.05) is 0 Å². The minimum atomic E-state index is 0.201. The molecule has 0 aromatic carbocycles. The zero-order chi connectivity index (χ0) is 14.7. The smallest absolute Gasteiger partial charge is 0.138 e. The Morgan fingerprint density at radius 2 is 1.81 bits per heavy atom. The van der Waals surface area contributed by atoms with Gasteiger partial charge in [0.15, 0.2) is 0 Å². The predicted molar refractivity (Wildman–Crippen MR) is 83.0 cm³/mol. The molecule has 5 rings (SSSR count). The standard InChI is InChI=1S/C19H30O2/c1-17-6-14-7-18(2,11-17)13-19(8-14,12-17)9-16(20)15-4-3-5-21-10-15/h14-15H,3-13H2,1-2H3. The zero-order valence-electron chi connectivity index (χ0n) is 13.7. The van der Waals surface area contributed by atoms with Gasteiger partial charge in [-0.25, -0.2) is 0 Å². The second kappa shape index (κ2) is 4.57. The van der Waals surface area contributed by atoms with Gasteiger partial charge in [-0.15, -0.1) is 0 Å². The molecule has 4 bridgehead atoms. The fraction of sp³-hybridized carbons (Fsp3) is 0.947. The molecule has 0 radical (unpaired) electrons. The van der Waals surface area contributed by atoms with E-state index in [2.05, 4.69) is 13.8 Å². The fourth-order valence-electron chi connectivity index (χ4n) is 7.39. The molecule has 0 aromatic heterocycles. The summed E-state index contributed by atoms with van der Waals surface area (Å²) in [7, 11) is 0. The molecule has 1 aliphatic heterocycles. The van der Waals surface area contributed by atoms with Crippen LogP contribution >= 0.6 is 0 Å². The highest BCUT2D eigenvalue weighted by Gasteiger charge is 2.60. The van der Waals surface area contributed by atoms with E-state index in [9.17, 15) is 4.79 Å². The average molecular weight is 290 g/mol. The molecule has 0 amide bonds. The quantitative estimate of drug-likeness (QED) is 0.771. The topological polar surface area (TPSA) is 26.3 Å². The molecular weight excluding hydrogens is 260 g/mol. The van der Waals surface area contributed by atoms with Crippen LogP contribution in [-0.4, -0.2) is 19.0 Å². The number of hydrogen-bond donors (Lipinski definition) is 0. The van der Waals surface area contributed by atoms with Crippen molar-refractivity contribution in [1.82, 2.24) is 0 Å². The Morgan fingerprint density at radius 1 is 1.10 bits per heavy atom. The summed E-state index contributed by atoms with van der Waals surface area (Å²) in [5.41, 5.74) is 1.40. The maximum atomic E-state index is 12.8. The molecule has 2 nitrogen and oxygen atoms in total. The van der Waals surface area contributed by atoms with Crippen LogP contribution in [0.15, 0.2) is 0 Å². The van der Waals surface area contributed by atoms with Crippen LogP contribution in [0.5, 0.6) is 0 Å². The molecule has 0 aromatic rings. The summed E-state index contributed by atoms with van der Waals surface area (Å²) < 4.78 is 5.54. The van der Waals surface area contributed by atoms with E-state index >= 15 is 0 Å². The molecule has 2 heteroatoms. The van der Waals surface area contributed by atoms with Gasteiger partial charge >= 0.3 is 0 Å². The van der Waals surface area contributed by atoms with Crippen LogP contribution in [-0.2, 0) is 9.53 Å². The molecule has 0 spiro atoms. The molecule has 21 heavy (non-hydrogen) atoms. The maximum absolute atomic E-state index is 12.8. The van der Waals surface area contributed by atoms with Crippen molar-refractivity contribution < 1.29 is 9.53 Å². The third kappa shape index (κ3) is 2.48. The van der Waals surface area contributed by atoms with Crippen LogP contribution in [0.2, 0.25) is 0 Å². The highest BCUT2D eigenvalue weighted by Crippen LogP contribution is 2.70. The summed E-state index contributed by atoms with van der Waals surface area (Å²) in [6.07, 6.45) is 11.2. The Morgan fingerprint density at radius 3 is 2.38 bits per heavy atom. The van der Waals surface area contributed by atoms with Crippen molar-refractivity contribution in [2.75, 3.05) is 13.2 Å². The molecule has 1 saturated heterocycles. The van der Waals surface area contributed by atoms with Crippen LogP contribution in [0, 0.1) is 28.1 Å². The summed E-state index contributed by atoms with van der Waals surface area (Å²) in [6.45, 7) is 6.54. The molecule has 3 unspecified atom stereocenters. The second-order valence-electron chi connectivity index (χ2n) is 9.69. The molecular formula is C19H30O2.